The Labute approximate surface area is 125 Å². The average Bonchev–Trinajstić information content (AvgIpc) is 2.90. The quantitative estimate of drug-likeness (QED) is 0.650. The van der Waals surface area contributed by atoms with Crippen LogP contribution in [-0.4, -0.2) is 22.0 Å². The van der Waals surface area contributed by atoms with Gasteiger partial charge in [0.2, 0.25) is 0 Å². The van der Waals surface area contributed by atoms with Crippen LogP contribution >= 0.6 is 28.6 Å². The molecule has 0 saturated heterocycles. The van der Waals surface area contributed by atoms with Gasteiger partial charge in [0.1, 0.15) is 0 Å². The molecule has 0 aliphatic heterocycles. The Hall–Kier alpha value is -1.27. The summed E-state index contributed by atoms with van der Waals surface area (Å²) in [6.07, 6.45) is 6.28. The molecule has 19 heavy (non-hydrogen) atoms. The molecule has 2 rings (SSSR count). The van der Waals surface area contributed by atoms with E-state index in [1.807, 2.05) is 22.9 Å². The number of hydrogen-bond donors (Lipinski definition) is 2. The van der Waals surface area contributed by atoms with E-state index in [0.29, 0.717) is 12.1 Å². The predicted octanol–water partition coefficient (Wildman–Crippen LogP) is 2.75. The van der Waals surface area contributed by atoms with Crippen molar-refractivity contribution in [2.45, 2.75) is 17.9 Å². The van der Waals surface area contributed by atoms with Crippen LogP contribution < -0.4 is 5.32 Å². The zero-order chi connectivity index (χ0) is 13.7. The minimum Gasteiger partial charge on any atom is -0.352 e. The minimum absolute atomic E-state index is 0.0894. The summed E-state index contributed by atoms with van der Waals surface area (Å²) >= 11 is 7.60. The fraction of sp³-hybridized carbons (Fsp3) is 0.231. The second-order valence-corrected chi connectivity index (χ2v) is 5.44. The molecule has 0 aliphatic carbocycles. The molecule has 1 aromatic carbocycles. The molecule has 0 unspecified atom stereocenters. The highest BCUT2D eigenvalue weighted by Crippen LogP contribution is 2.20. The van der Waals surface area contributed by atoms with Crippen LogP contribution in [0.25, 0.3) is 0 Å². The molecule has 1 aromatic heterocycles. The molecule has 0 spiro atoms. The van der Waals surface area contributed by atoms with Gasteiger partial charge in [0.05, 0.1) is 11.9 Å². The van der Waals surface area contributed by atoms with Crippen molar-refractivity contribution in [3.05, 3.63) is 47.0 Å². The molecule has 6 heteroatoms. The van der Waals surface area contributed by atoms with Gasteiger partial charge in [-0.1, -0.05) is 0 Å². The smallest absolute Gasteiger partial charge is 0.252 e. The van der Waals surface area contributed by atoms with Gasteiger partial charge in [-0.2, -0.15) is 0 Å². The van der Waals surface area contributed by atoms with E-state index in [2.05, 4.69) is 38.9 Å². The highest BCUT2D eigenvalue weighted by molar-refractivity contribution is 9.10. The number of nitrogens with one attached hydrogen (secondary N) is 1. The monoisotopic (exact) mass is 339 g/mol. The summed E-state index contributed by atoms with van der Waals surface area (Å²) < 4.78 is 2.76. The third-order valence-corrected chi connectivity index (χ3v) is 3.60. The van der Waals surface area contributed by atoms with Crippen molar-refractivity contribution in [3.8, 4) is 0 Å². The maximum Gasteiger partial charge on any atom is 0.252 e. The number of carbonyl (C=O) groups excluding carboxylic acids is 1. The van der Waals surface area contributed by atoms with Gasteiger partial charge in [0.15, 0.2) is 0 Å². The maximum absolute atomic E-state index is 12.0. The maximum atomic E-state index is 12.0. The van der Waals surface area contributed by atoms with Crippen LogP contribution in [0.4, 0.5) is 0 Å². The van der Waals surface area contributed by atoms with Crippen LogP contribution in [0.1, 0.15) is 16.8 Å². The number of thiol groups is 1. The lowest BCUT2D eigenvalue weighted by Gasteiger charge is -2.08. The zero-order valence-corrected chi connectivity index (χ0v) is 12.7. The molecule has 0 saturated carbocycles. The van der Waals surface area contributed by atoms with Gasteiger partial charge < -0.3 is 9.88 Å². The average molecular weight is 340 g/mol. The van der Waals surface area contributed by atoms with Crippen LogP contribution in [0.15, 0.2) is 46.3 Å². The first-order valence-corrected chi connectivity index (χ1v) is 7.13. The number of benzene rings is 1. The molecule has 0 bridgehead atoms. The summed E-state index contributed by atoms with van der Waals surface area (Å²) in [5.74, 6) is -0.0894. The Morgan fingerprint density at radius 1 is 1.47 bits per heavy atom. The standard InChI is InChI=1S/C13H14BrN3OS/c14-12-3-2-10(19)8-11(12)13(18)16-4-1-6-17-7-5-15-9-17/h2-3,5,7-9,19H,1,4,6H2,(H,16,18). The van der Waals surface area contributed by atoms with Crippen molar-refractivity contribution in [2.75, 3.05) is 6.54 Å². The van der Waals surface area contributed by atoms with E-state index in [1.165, 1.54) is 0 Å². The third-order valence-electron chi connectivity index (χ3n) is 2.63. The number of aromatic nitrogens is 2. The van der Waals surface area contributed by atoms with E-state index < -0.39 is 0 Å². The van der Waals surface area contributed by atoms with E-state index in [9.17, 15) is 4.79 Å². The number of rotatable bonds is 5. The highest BCUT2D eigenvalue weighted by atomic mass is 79.9. The van der Waals surface area contributed by atoms with E-state index in [1.54, 1.807) is 18.6 Å². The van der Waals surface area contributed by atoms with Gasteiger partial charge in [-0.05, 0) is 40.5 Å². The van der Waals surface area contributed by atoms with Gasteiger partial charge in [-0.15, -0.1) is 12.6 Å². The predicted molar refractivity (Wildman–Crippen MR) is 80.6 cm³/mol. The third kappa shape index (κ3) is 4.11. The topological polar surface area (TPSA) is 46.9 Å². The molecular weight excluding hydrogens is 326 g/mol. The molecule has 1 heterocycles. The first-order valence-electron chi connectivity index (χ1n) is 5.89. The lowest BCUT2D eigenvalue weighted by molar-refractivity contribution is 0.0951. The molecule has 0 atom stereocenters. The second kappa shape index (κ2) is 6.77. The lowest BCUT2D eigenvalue weighted by Crippen LogP contribution is -2.25. The number of hydrogen-bond acceptors (Lipinski definition) is 3. The highest BCUT2D eigenvalue weighted by Gasteiger charge is 2.09. The van der Waals surface area contributed by atoms with Crippen molar-refractivity contribution >= 4 is 34.5 Å². The lowest BCUT2D eigenvalue weighted by atomic mass is 10.2. The minimum atomic E-state index is -0.0894. The summed E-state index contributed by atoms with van der Waals surface area (Å²) in [5, 5.41) is 2.89. The fourth-order valence-electron chi connectivity index (χ4n) is 1.67. The Morgan fingerprint density at radius 3 is 3.05 bits per heavy atom. The van der Waals surface area contributed by atoms with Crippen molar-refractivity contribution in [1.82, 2.24) is 14.9 Å². The molecular formula is C13H14BrN3OS. The van der Waals surface area contributed by atoms with Gasteiger partial charge in [0, 0.05) is 34.9 Å². The summed E-state index contributed by atoms with van der Waals surface area (Å²) in [6.45, 7) is 1.47. The largest absolute Gasteiger partial charge is 0.352 e. The van der Waals surface area contributed by atoms with Crippen molar-refractivity contribution in [3.63, 3.8) is 0 Å². The van der Waals surface area contributed by atoms with Crippen molar-refractivity contribution in [1.29, 1.82) is 0 Å². The van der Waals surface area contributed by atoms with Crippen LogP contribution in [0.5, 0.6) is 0 Å². The van der Waals surface area contributed by atoms with Gasteiger partial charge in [-0.25, -0.2) is 4.98 Å². The molecule has 1 amide bonds. The number of aryl methyl sites for hydroxylation is 1. The number of nitrogens with zero attached hydrogens (tertiary/aromatic N) is 2. The summed E-state index contributed by atoms with van der Waals surface area (Å²) in [4.78, 5) is 16.7. The van der Waals surface area contributed by atoms with Crippen molar-refractivity contribution in [2.24, 2.45) is 0 Å². The van der Waals surface area contributed by atoms with E-state index >= 15 is 0 Å². The molecule has 2 aromatic rings. The van der Waals surface area contributed by atoms with E-state index in [4.69, 9.17) is 0 Å². The molecule has 0 radical (unpaired) electrons. The number of amides is 1. The molecule has 4 nitrogen and oxygen atoms in total. The molecule has 0 fully saturated rings. The second-order valence-electron chi connectivity index (χ2n) is 4.07. The fourth-order valence-corrected chi connectivity index (χ4v) is 2.30. The molecule has 0 aliphatic rings. The Balaban J connectivity index is 1.82. The number of imidazole rings is 1. The summed E-state index contributed by atoms with van der Waals surface area (Å²) in [6, 6.07) is 5.41. The van der Waals surface area contributed by atoms with Crippen LogP contribution in [0.2, 0.25) is 0 Å². The number of halogens is 1. The Kier molecular flexibility index (Phi) is 5.04. The normalized spacial score (nSPS) is 10.4. The first kappa shape index (κ1) is 14.1. The Morgan fingerprint density at radius 2 is 2.32 bits per heavy atom. The van der Waals surface area contributed by atoms with E-state index in [0.717, 1.165) is 22.3 Å². The Bertz CT molecular complexity index is 557. The number of carbonyl (C=O) groups is 1. The van der Waals surface area contributed by atoms with Crippen LogP contribution in [0, 0.1) is 0 Å². The van der Waals surface area contributed by atoms with E-state index in [-0.39, 0.29) is 5.91 Å². The van der Waals surface area contributed by atoms with Crippen LogP contribution in [0.3, 0.4) is 0 Å². The molecule has 100 valence electrons. The summed E-state index contributed by atoms with van der Waals surface area (Å²) in [5.41, 5.74) is 0.607. The molecule has 1 N–H and O–H groups in total. The summed E-state index contributed by atoms with van der Waals surface area (Å²) in [7, 11) is 0. The van der Waals surface area contributed by atoms with Gasteiger partial charge >= 0.3 is 0 Å². The van der Waals surface area contributed by atoms with Crippen LogP contribution in [-0.2, 0) is 6.54 Å². The van der Waals surface area contributed by atoms with Crippen molar-refractivity contribution < 1.29 is 4.79 Å². The zero-order valence-electron chi connectivity index (χ0n) is 10.2. The van der Waals surface area contributed by atoms with Gasteiger partial charge in [-0.3, -0.25) is 4.79 Å². The SMILES string of the molecule is O=C(NCCCn1ccnc1)c1cc(S)ccc1Br. The van der Waals surface area contributed by atoms with Gasteiger partial charge in [0.25, 0.3) is 5.91 Å². The first-order chi connectivity index (χ1) is 9.16.